The van der Waals surface area contributed by atoms with Crippen molar-refractivity contribution in [3.8, 4) is 0 Å². The maximum Gasteiger partial charge on any atom is 0.344 e. The Balaban J connectivity index is 1.72. The summed E-state index contributed by atoms with van der Waals surface area (Å²) in [5, 5.41) is 7.81. The van der Waals surface area contributed by atoms with Crippen molar-refractivity contribution >= 4 is 40.2 Å². The van der Waals surface area contributed by atoms with Crippen molar-refractivity contribution in [2.75, 3.05) is 18.1 Å². The van der Waals surface area contributed by atoms with Gasteiger partial charge >= 0.3 is 11.9 Å². The monoisotopic (exact) mass is 387 g/mol. The Bertz CT molecular complexity index is 594. The van der Waals surface area contributed by atoms with Gasteiger partial charge in [-0.05, 0) is 30.6 Å². The maximum atomic E-state index is 12.0. The second-order valence-electron chi connectivity index (χ2n) is 6.71. The molecule has 9 heteroatoms. The lowest BCUT2D eigenvalue weighted by atomic mass is 9.75. The van der Waals surface area contributed by atoms with Gasteiger partial charge < -0.3 is 15.2 Å². The fourth-order valence-electron chi connectivity index (χ4n) is 3.03. The summed E-state index contributed by atoms with van der Waals surface area (Å²) in [5.41, 5.74) is 5.47. The molecule has 140 valence electrons. The Kier molecular flexibility index (Phi) is 7.49. The first kappa shape index (κ1) is 20.0. The highest BCUT2D eigenvalue weighted by Crippen LogP contribution is 2.35. The molecule has 0 radical (unpaired) electrons. The van der Waals surface area contributed by atoms with Gasteiger partial charge in [-0.2, -0.15) is 0 Å². The van der Waals surface area contributed by atoms with Crippen LogP contribution in [0.2, 0.25) is 0 Å². The van der Waals surface area contributed by atoms with Crippen LogP contribution in [0.3, 0.4) is 0 Å². The summed E-state index contributed by atoms with van der Waals surface area (Å²) >= 11 is 2.38. The van der Waals surface area contributed by atoms with Crippen LogP contribution >= 0.6 is 23.1 Å². The van der Waals surface area contributed by atoms with Crippen molar-refractivity contribution in [3.63, 3.8) is 0 Å². The van der Waals surface area contributed by atoms with Gasteiger partial charge in [-0.1, -0.05) is 50.3 Å². The van der Waals surface area contributed by atoms with Crippen molar-refractivity contribution in [1.82, 2.24) is 10.2 Å². The van der Waals surface area contributed by atoms with E-state index >= 15 is 0 Å². The highest BCUT2D eigenvalue weighted by molar-refractivity contribution is 8.01. The predicted octanol–water partition coefficient (Wildman–Crippen LogP) is 2.76. The number of carbonyl (C=O) groups excluding carboxylic acids is 2. The number of esters is 2. The zero-order chi connectivity index (χ0) is 18.4. The van der Waals surface area contributed by atoms with Gasteiger partial charge in [0.25, 0.3) is 0 Å². The zero-order valence-corrected chi connectivity index (χ0v) is 16.4. The number of hydrogen-bond acceptors (Lipinski definition) is 9. The molecule has 0 saturated heterocycles. The average molecular weight is 388 g/mol. The van der Waals surface area contributed by atoms with Gasteiger partial charge in [0.05, 0.1) is 5.75 Å². The smallest absolute Gasteiger partial charge is 0.344 e. The third-order valence-electron chi connectivity index (χ3n) is 4.33. The number of anilines is 1. The van der Waals surface area contributed by atoms with Crippen LogP contribution in [0.25, 0.3) is 0 Å². The number of nitrogens with zero attached hydrogens (tertiary/aromatic N) is 2. The number of rotatable bonds is 7. The minimum Gasteiger partial charge on any atom is -0.460 e. The molecule has 2 rings (SSSR count). The van der Waals surface area contributed by atoms with E-state index < -0.39 is 11.9 Å². The van der Waals surface area contributed by atoms with Crippen molar-refractivity contribution in [2.45, 2.75) is 50.5 Å². The maximum absolute atomic E-state index is 12.0. The third kappa shape index (κ3) is 6.47. The Morgan fingerprint density at radius 2 is 2.08 bits per heavy atom. The predicted molar refractivity (Wildman–Crippen MR) is 97.2 cm³/mol. The second-order valence-corrected chi connectivity index (χ2v) is 8.94. The molecule has 2 N–H and O–H groups in total. The lowest BCUT2D eigenvalue weighted by Gasteiger charge is -2.36. The molecule has 1 fully saturated rings. The molecule has 1 aromatic heterocycles. The van der Waals surface area contributed by atoms with E-state index in [0.717, 1.165) is 12.8 Å². The number of ether oxygens (including phenoxy) is 2. The normalized spacial score (nSPS) is 23.4. The van der Waals surface area contributed by atoms with Crippen molar-refractivity contribution in [1.29, 1.82) is 0 Å². The van der Waals surface area contributed by atoms with Gasteiger partial charge in [0.2, 0.25) is 5.13 Å². The van der Waals surface area contributed by atoms with Crippen LogP contribution in [-0.2, 0) is 19.1 Å². The molecule has 1 aliphatic rings. The second kappa shape index (κ2) is 9.38. The summed E-state index contributed by atoms with van der Waals surface area (Å²) in [6.45, 7) is 6.13. The first-order valence-corrected chi connectivity index (χ1v) is 10.2. The van der Waals surface area contributed by atoms with Crippen LogP contribution in [0.15, 0.2) is 4.34 Å². The first-order chi connectivity index (χ1) is 11.8. The molecule has 0 aliphatic heterocycles. The van der Waals surface area contributed by atoms with Crippen LogP contribution in [0.1, 0.15) is 40.0 Å². The fourth-order valence-corrected chi connectivity index (χ4v) is 4.47. The molecule has 1 heterocycles. The highest BCUT2D eigenvalue weighted by atomic mass is 32.2. The zero-order valence-electron chi connectivity index (χ0n) is 14.8. The molecule has 1 aliphatic carbocycles. The SMILES string of the molecule is CC(C)[C@@H]1CC[C@@H](C)C[C@@H]1OC(=O)COC(=O)CSc1nnc(N)s1. The average Bonchev–Trinajstić information content (AvgIpc) is 2.96. The topological polar surface area (TPSA) is 104 Å². The van der Waals surface area contributed by atoms with E-state index in [0.29, 0.717) is 27.2 Å². The van der Waals surface area contributed by atoms with E-state index in [1.54, 1.807) is 0 Å². The Morgan fingerprint density at radius 1 is 1.32 bits per heavy atom. The summed E-state index contributed by atoms with van der Waals surface area (Å²) in [6, 6.07) is 0. The molecule has 3 atom stereocenters. The van der Waals surface area contributed by atoms with Gasteiger partial charge in [-0.25, -0.2) is 4.79 Å². The van der Waals surface area contributed by atoms with Crippen LogP contribution in [0, 0.1) is 17.8 Å². The van der Waals surface area contributed by atoms with Crippen LogP contribution in [-0.4, -0.2) is 40.6 Å². The minimum absolute atomic E-state index is 0.0526. The quantitative estimate of drug-likeness (QED) is 0.562. The van der Waals surface area contributed by atoms with E-state index in [1.807, 2.05) is 0 Å². The molecular weight excluding hydrogens is 362 g/mol. The van der Waals surface area contributed by atoms with E-state index in [2.05, 4.69) is 31.0 Å². The van der Waals surface area contributed by atoms with E-state index in [-0.39, 0.29) is 18.5 Å². The molecular formula is C16H25N3O4S2. The molecule has 0 bridgehead atoms. The summed E-state index contributed by atoms with van der Waals surface area (Å²) in [5.74, 6) is 0.456. The van der Waals surface area contributed by atoms with E-state index in [1.165, 1.54) is 29.5 Å². The van der Waals surface area contributed by atoms with Crippen molar-refractivity contribution < 1.29 is 19.1 Å². The molecule has 0 aromatic carbocycles. The van der Waals surface area contributed by atoms with Crippen LogP contribution in [0.5, 0.6) is 0 Å². The van der Waals surface area contributed by atoms with Gasteiger partial charge in [0.1, 0.15) is 6.10 Å². The third-order valence-corrected chi connectivity index (χ3v) is 6.19. The largest absolute Gasteiger partial charge is 0.460 e. The minimum atomic E-state index is -0.492. The van der Waals surface area contributed by atoms with E-state index in [9.17, 15) is 9.59 Å². The standard InChI is InChI=1S/C16H25N3O4S2/c1-9(2)11-5-4-10(3)6-12(11)23-13(20)7-22-14(21)8-24-16-19-18-15(17)25-16/h9-12H,4-8H2,1-3H3,(H2,17,18)/t10-,11+,12+/m1/s1. The first-order valence-electron chi connectivity index (χ1n) is 8.42. The molecule has 7 nitrogen and oxygen atoms in total. The molecule has 1 aromatic rings. The number of nitrogens with two attached hydrogens (primary N) is 1. The van der Waals surface area contributed by atoms with E-state index in [4.69, 9.17) is 15.2 Å². The summed E-state index contributed by atoms with van der Waals surface area (Å²) in [6.07, 6.45) is 3.02. The molecule has 0 unspecified atom stereocenters. The van der Waals surface area contributed by atoms with Gasteiger partial charge in [-0.15, -0.1) is 10.2 Å². The number of aromatic nitrogens is 2. The number of carbonyl (C=O) groups is 2. The van der Waals surface area contributed by atoms with Crippen LogP contribution < -0.4 is 5.73 Å². The Labute approximate surface area is 156 Å². The van der Waals surface area contributed by atoms with Crippen molar-refractivity contribution in [3.05, 3.63) is 0 Å². The highest BCUT2D eigenvalue weighted by Gasteiger charge is 2.33. The fraction of sp³-hybridized carbons (Fsp3) is 0.750. The van der Waals surface area contributed by atoms with Crippen molar-refractivity contribution in [2.24, 2.45) is 17.8 Å². The lowest BCUT2D eigenvalue weighted by molar-refractivity contribution is -0.166. The lowest BCUT2D eigenvalue weighted by Crippen LogP contribution is -2.36. The molecule has 1 saturated carbocycles. The van der Waals surface area contributed by atoms with Gasteiger partial charge in [-0.3, -0.25) is 4.79 Å². The number of nitrogen functional groups attached to an aromatic ring is 1. The summed E-state index contributed by atoms with van der Waals surface area (Å²) < 4.78 is 11.2. The summed E-state index contributed by atoms with van der Waals surface area (Å²) in [4.78, 5) is 23.7. The Morgan fingerprint density at radius 3 is 2.72 bits per heavy atom. The summed E-state index contributed by atoms with van der Waals surface area (Å²) in [7, 11) is 0. The molecule has 0 spiro atoms. The number of thioether (sulfide) groups is 1. The van der Waals surface area contributed by atoms with Gasteiger partial charge in [0, 0.05) is 0 Å². The molecule has 0 amide bonds. The molecule has 25 heavy (non-hydrogen) atoms. The Hall–Kier alpha value is -1.35. The van der Waals surface area contributed by atoms with Crippen LogP contribution in [0.4, 0.5) is 5.13 Å². The van der Waals surface area contributed by atoms with Gasteiger partial charge in [0.15, 0.2) is 10.9 Å². The number of hydrogen-bond donors (Lipinski definition) is 1.